The SMILES string of the molecule is CCN1C(=O)c2cccc3c(S(=O)(=O)N4CCCCC4)ccc1c23. The van der Waals surface area contributed by atoms with Gasteiger partial charge in [0.2, 0.25) is 10.0 Å². The van der Waals surface area contributed by atoms with Crippen molar-refractivity contribution in [1.29, 1.82) is 0 Å². The summed E-state index contributed by atoms with van der Waals surface area (Å²) in [7, 11) is -3.53. The average molecular weight is 344 g/mol. The van der Waals surface area contributed by atoms with E-state index >= 15 is 0 Å². The maximum absolute atomic E-state index is 13.1. The zero-order valence-electron chi connectivity index (χ0n) is 13.7. The van der Waals surface area contributed by atoms with Gasteiger partial charge in [0.1, 0.15) is 0 Å². The Kier molecular flexibility index (Phi) is 3.62. The fourth-order valence-corrected chi connectivity index (χ4v) is 5.51. The van der Waals surface area contributed by atoms with Crippen molar-refractivity contribution in [2.24, 2.45) is 0 Å². The van der Waals surface area contributed by atoms with E-state index < -0.39 is 10.0 Å². The Bertz CT molecular complexity index is 931. The smallest absolute Gasteiger partial charge is 0.258 e. The van der Waals surface area contributed by atoms with Crippen LogP contribution in [0.4, 0.5) is 5.69 Å². The summed E-state index contributed by atoms with van der Waals surface area (Å²) in [6, 6.07) is 8.80. The third kappa shape index (κ3) is 2.09. The molecule has 0 radical (unpaired) electrons. The van der Waals surface area contributed by atoms with E-state index in [9.17, 15) is 13.2 Å². The number of hydrogen-bond acceptors (Lipinski definition) is 3. The summed E-state index contributed by atoms with van der Waals surface area (Å²) in [5.41, 5.74) is 1.41. The van der Waals surface area contributed by atoms with Crippen LogP contribution in [0.1, 0.15) is 36.5 Å². The summed E-state index contributed by atoms with van der Waals surface area (Å²) in [6.45, 7) is 3.64. The van der Waals surface area contributed by atoms with Crippen molar-refractivity contribution in [3.8, 4) is 0 Å². The highest BCUT2D eigenvalue weighted by molar-refractivity contribution is 7.89. The van der Waals surface area contributed by atoms with Gasteiger partial charge in [-0.15, -0.1) is 0 Å². The molecule has 0 unspecified atom stereocenters. The Hall–Kier alpha value is -1.92. The second kappa shape index (κ2) is 5.57. The number of anilines is 1. The molecule has 1 amide bonds. The van der Waals surface area contributed by atoms with E-state index in [2.05, 4.69) is 0 Å². The first kappa shape index (κ1) is 15.6. The van der Waals surface area contributed by atoms with Gasteiger partial charge in [0, 0.05) is 36.0 Å². The Morgan fingerprint density at radius 1 is 1.04 bits per heavy atom. The Balaban J connectivity index is 1.94. The lowest BCUT2D eigenvalue weighted by Crippen LogP contribution is -2.35. The molecule has 24 heavy (non-hydrogen) atoms. The molecule has 0 spiro atoms. The minimum atomic E-state index is -3.53. The number of sulfonamides is 1. The number of amides is 1. The zero-order chi connectivity index (χ0) is 16.9. The highest BCUT2D eigenvalue weighted by Gasteiger charge is 2.33. The molecule has 5 nitrogen and oxygen atoms in total. The van der Waals surface area contributed by atoms with E-state index in [1.807, 2.05) is 13.0 Å². The van der Waals surface area contributed by atoms with Crippen LogP contribution >= 0.6 is 0 Å². The number of benzene rings is 2. The standard InChI is InChI=1S/C18H20N2O3S/c1-2-20-15-9-10-16(24(22,23)19-11-4-3-5-12-19)13-7-6-8-14(17(13)15)18(20)21/h6-10H,2-5,11-12H2,1H3. The Labute approximate surface area is 141 Å². The lowest BCUT2D eigenvalue weighted by atomic mass is 10.1. The fraction of sp³-hybridized carbons (Fsp3) is 0.389. The molecule has 2 heterocycles. The second-order valence-corrected chi connectivity index (χ2v) is 8.23. The third-order valence-corrected chi connectivity index (χ3v) is 6.95. The van der Waals surface area contributed by atoms with Crippen LogP contribution in [0.2, 0.25) is 0 Å². The minimum absolute atomic E-state index is 0.0504. The van der Waals surface area contributed by atoms with Crippen LogP contribution in [0.25, 0.3) is 10.8 Å². The maximum Gasteiger partial charge on any atom is 0.258 e. The molecule has 0 aromatic heterocycles. The van der Waals surface area contributed by atoms with Crippen LogP contribution in [-0.2, 0) is 10.0 Å². The summed E-state index contributed by atoms with van der Waals surface area (Å²) in [4.78, 5) is 14.6. The number of carbonyl (C=O) groups is 1. The molecule has 2 aliphatic rings. The molecular weight excluding hydrogens is 324 g/mol. The summed E-state index contributed by atoms with van der Waals surface area (Å²) < 4.78 is 27.8. The molecule has 1 fully saturated rings. The topological polar surface area (TPSA) is 57.7 Å². The second-order valence-electron chi connectivity index (χ2n) is 6.33. The molecule has 0 N–H and O–H groups in total. The molecule has 2 aliphatic heterocycles. The molecule has 0 saturated carbocycles. The zero-order valence-corrected chi connectivity index (χ0v) is 14.5. The van der Waals surface area contributed by atoms with Gasteiger partial charge in [-0.05, 0) is 38.0 Å². The molecule has 4 rings (SSSR count). The summed E-state index contributed by atoms with van der Waals surface area (Å²) in [5.74, 6) is -0.0504. The number of piperidine rings is 1. The maximum atomic E-state index is 13.1. The van der Waals surface area contributed by atoms with Crippen molar-refractivity contribution in [3.05, 3.63) is 35.9 Å². The van der Waals surface area contributed by atoms with Gasteiger partial charge in [-0.25, -0.2) is 8.42 Å². The molecule has 0 atom stereocenters. The van der Waals surface area contributed by atoms with Crippen molar-refractivity contribution < 1.29 is 13.2 Å². The van der Waals surface area contributed by atoms with Crippen molar-refractivity contribution >= 4 is 32.4 Å². The van der Waals surface area contributed by atoms with E-state index in [1.54, 1.807) is 33.5 Å². The minimum Gasteiger partial charge on any atom is -0.308 e. The van der Waals surface area contributed by atoms with Gasteiger partial charge < -0.3 is 4.90 Å². The van der Waals surface area contributed by atoms with Crippen LogP contribution in [0.5, 0.6) is 0 Å². The lowest BCUT2D eigenvalue weighted by molar-refractivity contribution is 0.0994. The molecular formula is C18H20N2O3S. The largest absolute Gasteiger partial charge is 0.308 e. The fourth-order valence-electron chi connectivity index (χ4n) is 3.80. The van der Waals surface area contributed by atoms with Gasteiger partial charge in [0.05, 0.1) is 10.6 Å². The molecule has 1 saturated heterocycles. The molecule has 2 aromatic rings. The van der Waals surface area contributed by atoms with Crippen molar-refractivity contribution in [1.82, 2.24) is 4.31 Å². The first-order chi connectivity index (χ1) is 11.6. The van der Waals surface area contributed by atoms with E-state index in [0.717, 1.165) is 30.3 Å². The average Bonchev–Trinajstić information content (AvgIpc) is 2.89. The predicted molar refractivity (Wildman–Crippen MR) is 93.9 cm³/mol. The van der Waals surface area contributed by atoms with E-state index in [-0.39, 0.29) is 5.91 Å². The van der Waals surface area contributed by atoms with Gasteiger partial charge >= 0.3 is 0 Å². The van der Waals surface area contributed by atoms with Crippen molar-refractivity contribution in [2.75, 3.05) is 24.5 Å². The Morgan fingerprint density at radius 2 is 1.79 bits per heavy atom. The predicted octanol–water partition coefficient (Wildman–Crippen LogP) is 2.99. The van der Waals surface area contributed by atoms with Gasteiger partial charge in [0.15, 0.2) is 0 Å². The van der Waals surface area contributed by atoms with Gasteiger partial charge in [0.25, 0.3) is 5.91 Å². The quantitative estimate of drug-likeness (QED) is 0.860. The highest BCUT2D eigenvalue weighted by atomic mass is 32.2. The summed E-state index contributed by atoms with van der Waals surface area (Å²) in [5, 5.41) is 1.42. The molecule has 126 valence electrons. The third-order valence-electron chi connectivity index (χ3n) is 4.99. The number of rotatable bonds is 3. The normalized spacial score (nSPS) is 18.5. The molecule has 0 bridgehead atoms. The van der Waals surface area contributed by atoms with E-state index in [4.69, 9.17) is 0 Å². The molecule has 2 aromatic carbocycles. The van der Waals surface area contributed by atoms with Gasteiger partial charge in [-0.3, -0.25) is 4.79 Å². The molecule has 0 aliphatic carbocycles. The lowest BCUT2D eigenvalue weighted by Gasteiger charge is -2.26. The van der Waals surface area contributed by atoms with Crippen LogP contribution in [0.15, 0.2) is 35.2 Å². The van der Waals surface area contributed by atoms with Crippen LogP contribution in [0, 0.1) is 0 Å². The molecule has 6 heteroatoms. The number of hydrogen-bond donors (Lipinski definition) is 0. The number of nitrogens with zero attached hydrogens (tertiary/aromatic N) is 2. The van der Waals surface area contributed by atoms with Crippen LogP contribution in [0.3, 0.4) is 0 Å². The highest BCUT2D eigenvalue weighted by Crippen LogP contribution is 2.40. The number of carbonyl (C=O) groups excluding carboxylic acids is 1. The summed E-state index contributed by atoms with van der Waals surface area (Å²) >= 11 is 0. The van der Waals surface area contributed by atoms with Crippen LogP contribution < -0.4 is 4.90 Å². The van der Waals surface area contributed by atoms with Crippen molar-refractivity contribution in [2.45, 2.75) is 31.1 Å². The van der Waals surface area contributed by atoms with Crippen molar-refractivity contribution in [3.63, 3.8) is 0 Å². The van der Waals surface area contributed by atoms with E-state index in [0.29, 0.717) is 35.5 Å². The monoisotopic (exact) mass is 344 g/mol. The van der Waals surface area contributed by atoms with Gasteiger partial charge in [-0.1, -0.05) is 18.6 Å². The Morgan fingerprint density at radius 3 is 2.50 bits per heavy atom. The van der Waals surface area contributed by atoms with E-state index in [1.165, 1.54) is 0 Å². The first-order valence-electron chi connectivity index (χ1n) is 8.43. The van der Waals surface area contributed by atoms with Gasteiger partial charge in [-0.2, -0.15) is 4.31 Å². The van der Waals surface area contributed by atoms with Crippen LogP contribution in [-0.4, -0.2) is 38.3 Å². The first-order valence-corrected chi connectivity index (χ1v) is 9.87. The summed E-state index contributed by atoms with van der Waals surface area (Å²) in [6.07, 6.45) is 2.89.